The zero-order valence-corrected chi connectivity index (χ0v) is 7.02. The van der Waals surface area contributed by atoms with E-state index in [4.69, 9.17) is 11.6 Å². The first-order valence-corrected chi connectivity index (χ1v) is 3.75. The van der Waals surface area contributed by atoms with Gasteiger partial charge in [0, 0.05) is 6.07 Å². The van der Waals surface area contributed by atoms with Crippen LogP contribution in [0.1, 0.15) is 5.76 Å². The molecule has 0 radical (unpaired) electrons. The first-order chi connectivity index (χ1) is 6.07. The van der Waals surface area contributed by atoms with Crippen LogP contribution >= 0.6 is 11.6 Å². The van der Waals surface area contributed by atoms with Crippen molar-refractivity contribution in [2.45, 2.75) is 12.0 Å². The number of alkyl halides is 4. The van der Waals surface area contributed by atoms with Gasteiger partial charge in [-0.15, -0.1) is 11.6 Å². The minimum atomic E-state index is -3.87. The molecule has 3 nitrogen and oxygen atoms in total. The minimum Gasteiger partial charge on any atom is -0.409 e. The summed E-state index contributed by atoms with van der Waals surface area (Å²) < 4.78 is 44.4. The Morgan fingerprint density at radius 2 is 2.31 bits per heavy atom. The summed E-state index contributed by atoms with van der Waals surface area (Å²) in [6, 6.07) is 1.07. The van der Waals surface area contributed by atoms with Crippen molar-refractivity contribution in [1.29, 1.82) is 0 Å². The molecular weight excluding hydrogens is 211 g/mol. The molecule has 7 heteroatoms. The van der Waals surface area contributed by atoms with Crippen LogP contribution in [-0.2, 0) is 5.88 Å². The summed E-state index contributed by atoms with van der Waals surface area (Å²) in [5.41, 5.74) is 0. The highest BCUT2D eigenvalue weighted by Crippen LogP contribution is 2.22. The molecule has 0 aliphatic heterocycles. The van der Waals surface area contributed by atoms with Crippen molar-refractivity contribution in [3.63, 3.8) is 0 Å². The molecule has 0 saturated heterocycles. The van der Waals surface area contributed by atoms with Crippen molar-refractivity contribution in [3.8, 4) is 5.88 Å². The number of aromatic nitrogens is 1. The molecule has 1 aromatic heterocycles. The molecule has 0 aromatic carbocycles. The van der Waals surface area contributed by atoms with Gasteiger partial charge in [-0.2, -0.15) is 8.78 Å². The lowest BCUT2D eigenvalue weighted by Crippen LogP contribution is -2.27. The molecular formula is C6H5ClF3NO2. The zero-order valence-electron chi connectivity index (χ0n) is 6.27. The molecule has 0 spiro atoms. The highest BCUT2D eigenvalue weighted by Gasteiger charge is 2.32. The van der Waals surface area contributed by atoms with E-state index in [1.54, 1.807) is 0 Å². The molecule has 13 heavy (non-hydrogen) atoms. The van der Waals surface area contributed by atoms with E-state index in [0.717, 1.165) is 6.07 Å². The third-order valence-corrected chi connectivity index (χ3v) is 1.34. The van der Waals surface area contributed by atoms with Crippen LogP contribution in [0.15, 0.2) is 10.6 Å². The lowest BCUT2D eigenvalue weighted by molar-refractivity contribution is -0.189. The fourth-order valence-electron chi connectivity index (χ4n) is 0.585. The van der Waals surface area contributed by atoms with Gasteiger partial charge in [-0.1, -0.05) is 0 Å². The number of rotatable bonds is 4. The van der Waals surface area contributed by atoms with Gasteiger partial charge < -0.3 is 9.26 Å². The van der Waals surface area contributed by atoms with Crippen molar-refractivity contribution in [3.05, 3.63) is 11.8 Å². The SMILES string of the molecule is FCC(F)(F)Oc1cc(CCl)on1. The first kappa shape index (κ1) is 10.2. The summed E-state index contributed by atoms with van der Waals surface area (Å²) in [5, 5.41) is 3.09. The lowest BCUT2D eigenvalue weighted by Gasteiger charge is -2.10. The van der Waals surface area contributed by atoms with E-state index < -0.39 is 18.7 Å². The molecule has 0 fully saturated rings. The third kappa shape index (κ3) is 2.80. The first-order valence-electron chi connectivity index (χ1n) is 3.22. The highest BCUT2D eigenvalue weighted by molar-refractivity contribution is 6.16. The van der Waals surface area contributed by atoms with Crippen molar-refractivity contribution in [1.82, 2.24) is 5.16 Å². The Morgan fingerprint density at radius 3 is 2.77 bits per heavy atom. The van der Waals surface area contributed by atoms with Gasteiger partial charge in [0.1, 0.15) is 0 Å². The van der Waals surface area contributed by atoms with E-state index in [-0.39, 0.29) is 11.6 Å². The maximum atomic E-state index is 12.2. The van der Waals surface area contributed by atoms with Gasteiger partial charge in [0.2, 0.25) is 0 Å². The summed E-state index contributed by atoms with van der Waals surface area (Å²) >= 11 is 5.29. The molecule has 0 aliphatic rings. The van der Waals surface area contributed by atoms with Gasteiger partial charge in [0.25, 0.3) is 5.88 Å². The second-order valence-corrected chi connectivity index (χ2v) is 2.41. The zero-order chi connectivity index (χ0) is 9.90. The predicted molar refractivity (Wildman–Crippen MR) is 37.6 cm³/mol. The molecule has 1 rings (SSSR count). The van der Waals surface area contributed by atoms with Gasteiger partial charge in [0.05, 0.1) is 5.88 Å². The number of hydrogen-bond acceptors (Lipinski definition) is 3. The van der Waals surface area contributed by atoms with Gasteiger partial charge in [-0.25, -0.2) is 4.39 Å². The van der Waals surface area contributed by atoms with Crippen LogP contribution in [0.4, 0.5) is 13.2 Å². The summed E-state index contributed by atoms with van der Waals surface area (Å²) in [6.07, 6.45) is -3.87. The van der Waals surface area contributed by atoms with Crippen LogP contribution in [0.2, 0.25) is 0 Å². The molecule has 1 aromatic rings. The number of nitrogens with zero attached hydrogens (tertiary/aromatic N) is 1. The average Bonchev–Trinajstić information content (AvgIpc) is 2.52. The highest BCUT2D eigenvalue weighted by atomic mass is 35.5. The second-order valence-electron chi connectivity index (χ2n) is 2.14. The van der Waals surface area contributed by atoms with E-state index in [9.17, 15) is 13.2 Å². The smallest absolute Gasteiger partial charge is 0.409 e. The maximum absolute atomic E-state index is 12.2. The summed E-state index contributed by atoms with van der Waals surface area (Å²) in [6.45, 7) is -1.92. The molecule has 0 unspecified atom stereocenters. The van der Waals surface area contributed by atoms with Crippen molar-refractivity contribution in [2.75, 3.05) is 6.67 Å². The molecule has 0 N–H and O–H groups in total. The minimum absolute atomic E-state index is 0.0163. The van der Waals surface area contributed by atoms with Crippen molar-refractivity contribution >= 4 is 11.6 Å². The van der Waals surface area contributed by atoms with Crippen LogP contribution in [0.25, 0.3) is 0 Å². The van der Waals surface area contributed by atoms with E-state index in [1.165, 1.54) is 0 Å². The van der Waals surface area contributed by atoms with Gasteiger partial charge in [-0.05, 0) is 5.16 Å². The van der Waals surface area contributed by atoms with Crippen molar-refractivity contribution < 1.29 is 22.4 Å². The quantitative estimate of drug-likeness (QED) is 0.724. The maximum Gasteiger partial charge on any atom is 0.428 e. The second kappa shape index (κ2) is 3.87. The van der Waals surface area contributed by atoms with Gasteiger partial charge in [-0.3, -0.25) is 0 Å². The predicted octanol–water partition coefficient (Wildman–Crippen LogP) is 2.35. The summed E-state index contributed by atoms with van der Waals surface area (Å²) in [5.74, 6) is -0.331. The van der Waals surface area contributed by atoms with E-state index in [1.807, 2.05) is 0 Å². The van der Waals surface area contributed by atoms with Crippen LogP contribution in [0, 0.1) is 0 Å². The average molecular weight is 216 g/mol. The van der Waals surface area contributed by atoms with Crippen molar-refractivity contribution in [2.24, 2.45) is 0 Å². The van der Waals surface area contributed by atoms with E-state index in [0.29, 0.717) is 0 Å². The molecule has 1 heterocycles. The Morgan fingerprint density at radius 1 is 1.62 bits per heavy atom. The standard InChI is InChI=1S/C6H5ClF3NO2/c7-2-4-1-5(11-13-4)12-6(9,10)3-8/h1H,2-3H2. The number of halogens is 4. The van der Waals surface area contributed by atoms with Crippen LogP contribution in [0.3, 0.4) is 0 Å². The van der Waals surface area contributed by atoms with Gasteiger partial charge in [0.15, 0.2) is 12.4 Å². The fourth-order valence-corrected chi connectivity index (χ4v) is 0.711. The third-order valence-electron chi connectivity index (χ3n) is 1.08. The normalized spacial score (nSPS) is 11.7. The molecule has 0 aliphatic carbocycles. The molecule has 0 bridgehead atoms. The summed E-state index contributed by atoms with van der Waals surface area (Å²) in [4.78, 5) is 0. The molecule has 0 amide bonds. The Labute approximate surface area is 76.4 Å². The molecule has 0 saturated carbocycles. The monoisotopic (exact) mass is 215 g/mol. The summed E-state index contributed by atoms with van der Waals surface area (Å²) in [7, 11) is 0. The molecule has 0 atom stereocenters. The topological polar surface area (TPSA) is 35.3 Å². The van der Waals surface area contributed by atoms with Crippen LogP contribution in [0.5, 0.6) is 5.88 Å². The Balaban J connectivity index is 2.63. The Bertz CT molecular complexity index is 279. The Hall–Kier alpha value is -0.910. The largest absolute Gasteiger partial charge is 0.428 e. The number of ether oxygens (including phenoxy) is 1. The Kier molecular flexibility index (Phi) is 3.02. The van der Waals surface area contributed by atoms with Gasteiger partial charge >= 0.3 is 6.11 Å². The van der Waals surface area contributed by atoms with Crippen LogP contribution < -0.4 is 4.74 Å². The van der Waals surface area contributed by atoms with Crippen LogP contribution in [-0.4, -0.2) is 17.9 Å². The van der Waals surface area contributed by atoms with E-state index >= 15 is 0 Å². The van der Waals surface area contributed by atoms with E-state index in [2.05, 4.69) is 14.4 Å². The number of hydrogen-bond donors (Lipinski definition) is 0. The lowest BCUT2D eigenvalue weighted by atomic mass is 10.5. The molecule has 74 valence electrons. The fraction of sp³-hybridized carbons (Fsp3) is 0.500.